The Hall–Kier alpha value is -3.31. The van der Waals surface area contributed by atoms with Gasteiger partial charge in [0.25, 0.3) is 11.8 Å². The van der Waals surface area contributed by atoms with Crippen molar-refractivity contribution in [3.8, 4) is 5.88 Å². The molecule has 1 fully saturated rings. The number of hydrogen-bond donors (Lipinski definition) is 1. The lowest BCUT2D eigenvalue weighted by atomic mass is 10.2. The fourth-order valence-corrected chi connectivity index (χ4v) is 2.49. The van der Waals surface area contributed by atoms with Gasteiger partial charge in [-0.2, -0.15) is 13.2 Å². The number of nitrogens with zero attached hydrogens (tertiary/aromatic N) is 4. The van der Waals surface area contributed by atoms with Gasteiger partial charge in [0.2, 0.25) is 5.91 Å². The van der Waals surface area contributed by atoms with E-state index < -0.39 is 35.9 Å². The number of aryl methyl sites for hydroxylation is 2. The molecule has 8 nitrogen and oxygen atoms in total. The monoisotopic (exact) mass is 443 g/mol. The number of amides is 2. The molecule has 0 aliphatic carbocycles. The number of aromatic nitrogens is 3. The Bertz CT molecular complexity index is 995. The van der Waals surface area contributed by atoms with Gasteiger partial charge in [-0.15, -0.1) is 0 Å². The van der Waals surface area contributed by atoms with Gasteiger partial charge in [-0.25, -0.2) is 19.3 Å². The maximum absolute atomic E-state index is 13.7. The van der Waals surface area contributed by atoms with Crippen molar-refractivity contribution in [1.29, 1.82) is 0 Å². The first-order chi connectivity index (χ1) is 14.2. The van der Waals surface area contributed by atoms with E-state index in [1.54, 1.807) is 26.8 Å². The van der Waals surface area contributed by atoms with Gasteiger partial charge in [0.05, 0.1) is 0 Å². The van der Waals surface area contributed by atoms with Crippen LogP contribution in [0.1, 0.15) is 41.3 Å². The minimum Gasteiger partial charge on any atom is -0.466 e. The van der Waals surface area contributed by atoms with Crippen LogP contribution in [0, 0.1) is 19.7 Å². The van der Waals surface area contributed by atoms with Crippen LogP contribution in [-0.4, -0.2) is 50.0 Å². The van der Waals surface area contributed by atoms with Gasteiger partial charge in [-0.1, -0.05) is 0 Å². The molecule has 168 valence electrons. The molecule has 0 spiro atoms. The van der Waals surface area contributed by atoms with Crippen LogP contribution in [0.5, 0.6) is 5.88 Å². The summed E-state index contributed by atoms with van der Waals surface area (Å²) in [5, 5.41) is 0. The SMILES string of the molecule is Cc1cc(C(N)=O)ncn1.Cc1nc(OCC(F)(F)F)c(F)cc1CN1C(=O)C1(C)C. The van der Waals surface area contributed by atoms with Gasteiger partial charge in [0, 0.05) is 17.9 Å². The van der Waals surface area contributed by atoms with E-state index in [0.717, 1.165) is 11.8 Å². The van der Waals surface area contributed by atoms with E-state index >= 15 is 0 Å². The third-order valence-electron chi connectivity index (χ3n) is 4.39. The number of rotatable bonds is 5. The van der Waals surface area contributed by atoms with E-state index in [1.165, 1.54) is 18.2 Å². The van der Waals surface area contributed by atoms with E-state index in [-0.39, 0.29) is 18.1 Å². The number of pyridine rings is 1. The van der Waals surface area contributed by atoms with Crippen LogP contribution in [0.3, 0.4) is 0 Å². The predicted octanol–water partition coefficient (Wildman–Crippen LogP) is 2.47. The van der Waals surface area contributed by atoms with Crippen molar-refractivity contribution in [3.63, 3.8) is 0 Å². The van der Waals surface area contributed by atoms with Gasteiger partial charge in [0.1, 0.15) is 17.6 Å². The van der Waals surface area contributed by atoms with Crippen LogP contribution in [0.4, 0.5) is 17.6 Å². The highest BCUT2D eigenvalue weighted by Crippen LogP contribution is 2.35. The van der Waals surface area contributed by atoms with Gasteiger partial charge >= 0.3 is 6.18 Å². The highest BCUT2D eigenvalue weighted by molar-refractivity contribution is 6.01. The van der Waals surface area contributed by atoms with Crippen LogP contribution in [0.15, 0.2) is 18.5 Å². The third-order valence-corrected chi connectivity index (χ3v) is 4.39. The summed E-state index contributed by atoms with van der Waals surface area (Å²) in [7, 11) is 0. The Morgan fingerprint density at radius 3 is 2.29 bits per heavy atom. The number of primary amides is 1. The Morgan fingerprint density at radius 2 is 1.84 bits per heavy atom. The van der Waals surface area contributed by atoms with E-state index in [1.807, 2.05) is 0 Å². The molecule has 2 amide bonds. The van der Waals surface area contributed by atoms with Gasteiger partial charge in [-0.05, 0) is 45.4 Å². The Morgan fingerprint density at radius 1 is 1.23 bits per heavy atom. The maximum Gasteiger partial charge on any atom is 0.422 e. The number of nitrogens with two attached hydrogens (primary N) is 1. The summed E-state index contributed by atoms with van der Waals surface area (Å²) in [4.78, 5) is 34.6. The molecule has 12 heteroatoms. The molecule has 3 rings (SSSR count). The molecule has 1 aliphatic rings. The van der Waals surface area contributed by atoms with Crippen molar-refractivity contribution in [2.24, 2.45) is 5.73 Å². The third kappa shape index (κ3) is 6.33. The van der Waals surface area contributed by atoms with Crippen molar-refractivity contribution in [1.82, 2.24) is 19.9 Å². The second kappa shape index (κ2) is 8.82. The zero-order chi connectivity index (χ0) is 23.6. The number of halogens is 4. The second-order valence-corrected chi connectivity index (χ2v) is 7.28. The topological polar surface area (TPSA) is 111 Å². The number of carbonyl (C=O) groups is 2. The number of alkyl halides is 3. The van der Waals surface area contributed by atoms with Crippen LogP contribution in [0.2, 0.25) is 0 Å². The molecule has 0 unspecified atom stereocenters. The van der Waals surface area contributed by atoms with E-state index in [2.05, 4.69) is 19.7 Å². The molecule has 31 heavy (non-hydrogen) atoms. The highest BCUT2D eigenvalue weighted by atomic mass is 19.4. The van der Waals surface area contributed by atoms with Gasteiger partial charge < -0.3 is 15.4 Å². The molecule has 0 atom stereocenters. The molecule has 1 aliphatic heterocycles. The average Bonchev–Trinajstić information content (AvgIpc) is 3.13. The first kappa shape index (κ1) is 24.0. The molecule has 0 aromatic carbocycles. The minimum atomic E-state index is -4.56. The molecule has 3 heterocycles. The average molecular weight is 443 g/mol. The molecule has 0 saturated carbocycles. The first-order valence-corrected chi connectivity index (χ1v) is 8.98. The van der Waals surface area contributed by atoms with Crippen LogP contribution in [0.25, 0.3) is 0 Å². The smallest absolute Gasteiger partial charge is 0.422 e. The summed E-state index contributed by atoms with van der Waals surface area (Å²) in [5.74, 6) is -2.26. The van der Waals surface area contributed by atoms with E-state index in [0.29, 0.717) is 11.3 Å². The minimum absolute atomic E-state index is 0.0697. The Labute approximate surface area is 175 Å². The highest BCUT2D eigenvalue weighted by Gasteiger charge is 2.54. The maximum atomic E-state index is 13.7. The van der Waals surface area contributed by atoms with Crippen LogP contribution < -0.4 is 10.5 Å². The number of ether oxygens (including phenoxy) is 1. The quantitative estimate of drug-likeness (QED) is 0.562. The summed E-state index contributed by atoms with van der Waals surface area (Å²) in [6.45, 7) is 5.32. The predicted molar refractivity (Wildman–Crippen MR) is 100 cm³/mol. The fraction of sp³-hybridized carbons (Fsp3) is 0.421. The summed E-state index contributed by atoms with van der Waals surface area (Å²) in [6.07, 6.45) is -3.24. The molecular weight excluding hydrogens is 422 g/mol. The molecule has 0 radical (unpaired) electrons. The lowest BCUT2D eigenvalue weighted by Gasteiger charge is -2.13. The normalized spacial score (nSPS) is 14.6. The standard InChI is InChI=1S/C13H14F4N2O2.C6H7N3O/c1-7-8(5-19-11(20)12(19,2)3)4-9(14)10(18-7)21-6-13(15,16)17;1-4-2-5(6(7)10)9-3-8-4/h4H,5-6H2,1-3H3;2-3H,1H3,(H2,7,10). The molecule has 2 aromatic heterocycles. The van der Waals surface area contributed by atoms with Crippen molar-refractivity contribution in [2.75, 3.05) is 6.61 Å². The molecule has 2 N–H and O–H groups in total. The summed E-state index contributed by atoms with van der Waals surface area (Å²) in [6, 6.07) is 2.60. The first-order valence-electron chi connectivity index (χ1n) is 8.98. The van der Waals surface area contributed by atoms with Crippen LogP contribution in [-0.2, 0) is 11.3 Å². The molecule has 0 bridgehead atoms. The zero-order valence-electron chi connectivity index (χ0n) is 17.2. The molecule has 2 aromatic rings. The number of hydrogen-bond acceptors (Lipinski definition) is 6. The lowest BCUT2D eigenvalue weighted by molar-refractivity contribution is -0.154. The van der Waals surface area contributed by atoms with Gasteiger partial charge in [-0.3, -0.25) is 9.59 Å². The Balaban J connectivity index is 0.000000285. The van der Waals surface area contributed by atoms with E-state index in [9.17, 15) is 27.2 Å². The lowest BCUT2D eigenvalue weighted by Crippen LogP contribution is -2.20. The van der Waals surface area contributed by atoms with Crippen molar-refractivity contribution in [3.05, 3.63) is 46.9 Å². The van der Waals surface area contributed by atoms with Crippen molar-refractivity contribution >= 4 is 11.8 Å². The second-order valence-electron chi connectivity index (χ2n) is 7.28. The zero-order valence-corrected chi connectivity index (χ0v) is 17.2. The van der Waals surface area contributed by atoms with Crippen molar-refractivity contribution in [2.45, 2.75) is 46.0 Å². The fourth-order valence-electron chi connectivity index (χ4n) is 2.49. The molecule has 1 saturated heterocycles. The molecular formula is C19H21F4N5O3. The largest absolute Gasteiger partial charge is 0.466 e. The Kier molecular flexibility index (Phi) is 6.82. The van der Waals surface area contributed by atoms with Gasteiger partial charge in [0.15, 0.2) is 12.4 Å². The van der Waals surface area contributed by atoms with Crippen molar-refractivity contribution < 1.29 is 31.9 Å². The summed E-state index contributed by atoms with van der Waals surface area (Å²) < 4.78 is 54.2. The number of carbonyl (C=O) groups excluding carboxylic acids is 2. The van der Waals surface area contributed by atoms with E-state index in [4.69, 9.17) is 5.73 Å². The summed E-state index contributed by atoms with van der Waals surface area (Å²) in [5.41, 5.74) is 6.12. The summed E-state index contributed by atoms with van der Waals surface area (Å²) >= 11 is 0. The van der Waals surface area contributed by atoms with Crippen LogP contribution >= 0.6 is 0 Å².